The van der Waals surface area contributed by atoms with Crippen LogP contribution >= 0.6 is 0 Å². The maximum absolute atomic E-state index is 12.6. The van der Waals surface area contributed by atoms with Crippen LogP contribution in [-0.4, -0.2) is 23.1 Å². The molecule has 0 radical (unpaired) electrons. The lowest BCUT2D eigenvalue weighted by Gasteiger charge is -2.13. The summed E-state index contributed by atoms with van der Waals surface area (Å²) >= 11 is 0. The molecule has 0 fully saturated rings. The number of phenols is 1. The minimum atomic E-state index is -0.498. The van der Waals surface area contributed by atoms with Crippen molar-refractivity contribution in [1.82, 2.24) is 0 Å². The van der Waals surface area contributed by atoms with Gasteiger partial charge in [-0.3, -0.25) is 0 Å². The molecule has 0 aliphatic heterocycles. The van der Waals surface area contributed by atoms with Gasteiger partial charge in [-0.1, -0.05) is 67.3 Å². The first-order valence-electron chi connectivity index (χ1n) is 11.1. The predicted octanol–water partition coefficient (Wildman–Crippen LogP) is 6.68. The molecule has 0 heterocycles. The van der Waals surface area contributed by atoms with Crippen molar-refractivity contribution in [2.24, 2.45) is 0 Å². The van der Waals surface area contributed by atoms with Gasteiger partial charge in [-0.2, -0.15) is 0 Å². The van der Waals surface area contributed by atoms with E-state index < -0.39 is 11.9 Å². The van der Waals surface area contributed by atoms with Gasteiger partial charge < -0.3 is 14.6 Å². The highest BCUT2D eigenvalue weighted by Gasteiger charge is 2.15. The van der Waals surface area contributed by atoms with Crippen LogP contribution in [0.25, 0.3) is 22.3 Å². The zero-order chi connectivity index (χ0) is 24.8. The van der Waals surface area contributed by atoms with Crippen molar-refractivity contribution in [3.05, 3.63) is 121 Å². The van der Waals surface area contributed by atoms with Crippen LogP contribution < -0.4 is 4.74 Å². The topological polar surface area (TPSA) is 72.8 Å². The van der Waals surface area contributed by atoms with Crippen molar-refractivity contribution >= 4 is 11.9 Å². The Morgan fingerprint density at radius 1 is 0.771 bits per heavy atom. The van der Waals surface area contributed by atoms with Crippen molar-refractivity contribution in [3.63, 3.8) is 0 Å². The van der Waals surface area contributed by atoms with Gasteiger partial charge in [-0.05, 0) is 71.6 Å². The summed E-state index contributed by atoms with van der Waals surface area (Å²) in [4.78, 5) is 24.9. The lowest BCUT2D eigenvalue weighted by molar-refractivity contribution is 0.0425. The summed E-state index contributed by atoms with van der Waals surface area (Å²) < 4.78 is 10.8. The number of phenolic OH excluding ortho intramolecular Hbond substituents is 1. The van der Waals surface area contributed by atoms with E-state index in [4.69, 9.17) is 9.47 Å². The Morgan fingerprint density at radius 2 is 1.34 bits per heavy atom. The van der Waals surface area contributed by atoms with Crippen LogP contribution in [0.3, 0.4) is 0 Å². The first-order chi connectivity index (χ1) is 16.9. The number of rotatable bonds is 7. The molecule has 0 saturated heterocycles. The minimum Gasteiger partial charge on any atom is -0.508 e. The molecule has 4 aromatic carbocycles. The van der Waals surface area contributed by atoms with Crippen molar-refractivity contribution in [1.29, 1.82) is 0 Å². The lowest BCUT2D eigenvalue weighted by Crippen LogP contribution is -2.13. The predicted molar refractivity (Wildman–Crippen MR) is 135 cm³/mol. The van der Waals surface area contributed by atoms with Gasteiger partial charge in [0.2, 0.25) is 0 Å². The van der Waals surface area contributed by atoms with Crippen molar-refractivity contribution in [3.8, 4) is 33.8 Å². The molecule has 1 atom stereocenters. The SMILES string of the molecule is C=CC(C)OC(=O)c1ccccc1-c1ccc(-c2ccc(OC(=O)c3ccc(O)cc3)cc2)cc1. The molecule has 1 unspecified atom stereocenters. The van der Waals surface area contributed by atoms with E-state index in [1.54, 1.807) is 31.2 Å². The van der Waals surface area contributed by atoms with Gasteiger partial charge in [0.1, 0.15) is 17.6 Å². The first kappa shape index (κ1) is 23.5. The molecule has 4 aromatic rings. The molecule has 1 N–H and O–H groups in total. The van der Waals surface area contributed by atoms with E-state index in [1.165, 1.54) is 24.3 Å². The Bertz CT molecular complexity index is 1340. The second kappa shape index (κ2) is 10.5. The molecule has 0 amide bonds. The monoisotopic (exact) mass is 464 g/mol. The minimum absolute atomic E-state index is 0.0858. The second-order valence-corrected chi connectivity index (χ2v) is 7.93. The second-order valence-electron chi connectivity index (χ2n) is 7.93. The average Bonchev–Trinajstić information content (AvgIpc) is 2.89. The maximum Gasteiger partial charge on any atom is 0.343 e. The van der Waals surface area contributed by atoms with E-state index in [9.17, 15) is 14.7 Å². The van der Waals surface area contributed by atoms with Crippen LogP contribution in [0.5, 0.6) is 11.5 Å². The van der Waals surface area contributed by atoms with Gasteiger partial charge in [0, 0.05) is 0 Å². The Labute approximate surface area is 203 Å². The van der Waals surface area contributed by atoms with Crippen LogP contribution in [0.4, 0.5) is 0 Å². The molecular weight excluding hydrogens is 440 g/mol. The van der Waals surface area contributed by atoms with E-state index in [1.807, 2.05) is 54.6 Å². The van der Waals surface area contributed by atoms with Crippen LogP contribution in [0.2, 0.25) is 0 Å². The largest absolute Gasteiger partial charge is 0.508 e. The number of ether oxygens (including phenoxy) is 2. The summed E-state index contributed by atoms with van der Waals surface area (Å²) in [5.74, 6) is -0.386. The highest BCUT2D eigenvalue weighted by molar-refractivity contribution is 5.97. The smallest absolute Gasteiger partial charge is 0.343 e. The standard InChI is InChI=1S/C30H24O5/c1-3-20(2)34-30(33)28-7-5-4-6-27(28)23-10-8-21(9-11-23)22-14-18-26(19-15-22)35-29(32)24-12-16-25(31)17-13-24/h3-20,31H,1H2,2H3. The molecule has 0 aliphatic carbocycles. The van der Waals surface area contributed by atoms with Crippen LogP contribution in [0, 0.1) is 0 Å². The Kier molecular flexibility index (Phi) is 7.07. The third kappa shape index (κ3) is 5.65. The number of esters is 2. The third-order valence-corrected chi connectivity index (χ3v) is 5.47. The van der Waals surface area contributed by atoms with E-state index in [2.05, 4.69) is 6.58 Å². The summed E-state index contributed by atoms with van der Waals surface area (Å²) in [6.45, 7) is 5.42. The maximum atomic E-state index is 12.6. The summed E-state index contributed by atoms with van der Waals surface area (Å²) in [5, 5.41) is 9.35. The normalized spacial score (nSPS) is 11.3. The highest BCUT2D eigenvalue weighted by atomic mass is 16.5. The fourth-order valence-corrected chi connectivity index (χ4v) is 3.51. The Hall–Kier alpha value is -4.64. The van der Waals surface area contributed by atoms with Crippen molar-refractivity contribution < 1.29 is 24.2 Å². The lowest BCUT2D eigenvalue weighted by atomic mass is 9.97. The van der Waals surface area contributed by atoms with Gasteiger partial charge in [0.05, 0.1) is 11.1 Å². The zero-order valence-electron chi connectivity index (χ0n) is 19.2. The average molecular weight is 465 g/mol. The molecule has 0 aliphatic rings. The molecule has 0 saturated carbocycles. The number of aromatic hydroxyl groups is 1. The molecule has 0 bridgehead atoms. The summed E-state index contributed by atoms with van der Waals surface area (Å²) in [6.07, 6.45) is 1.20. The zero-order valence-corrected chi connectivity index (χ0v) is 19.2. The van der Waals surface area contributed by atoms with Crippen LogP contribution in [-0.2, 0) is 4.74 Å². The summed E-state index contributed by atoms with van der Waals surface area (Å²) in [6, 6.07) is 28.3. The number of carbonyl (C=O) groups is 2. The fraction of sp³-hybridized carbons (Fsp3) is 0.0667. The van der Waals surface area contributed by atoms with E-state index in [-0.39, 0.29) is 11.9 Å². The van der Waals surface area contributed by atoms with Crippen LogP contribution in [0.15, 0.2) is 110 Å². The van der Waals surface area contributed by atoms with Crippen molar-refractivity contribution in [2.75, 3.05) is 0 Å². The molecular formula is C30H24O5. The first-order valence-corrected chi connectivity index (χ1v) is 11.1. The number of carbonyl (C=O) groups excluding carboxylic acids is 2. The van der Waals surface area contributed by atoms with E-state index in [0.717, 1.165) is 22.3 Å². The molecule has 5 heteroatoms. The van der Waals surface area contributed by atoms with Crippen molar-refractivity contribution in [2.45, 2.75) is 13.0 Å². The quantitative estimate of drug-likeness (QED) is 0.188. The molecule has 0 aromatic heterocycles. The Balaban J connectivity index is 1.49. The molecule has 174 valence electrons. The molecule has 5 nitrogen and oxygen atoms in total. The number of hydrogen-bond donors (Lipinski definition) is 1. The van der Waals surface area contributed by atoms with Gasteiger partial charge >= 0.3 is 11.9 Å². The summed E-state index contributed by atoms with van der Waals surface area (Å²) in [7, 11) is 0. The van der Waals surface area contributed by atoms with E-state index in [0.29, 0.717) is 16.9 Å². The molecule has 35 heavy (non-hydrogen) atoms. The molecule has 0 spiro atoms. The van der Waals surface area contributed by atoms with Gasteiger partial charge in [0.15, 0.2) is 0 Å². The van der Waals surface area contributed by atoms with E-state index >= 15 is 0 Å². The van der Waals surface area contributed by atoms with Crippen LogP contribution in [0.1, 0.15) is 27.6 Å². The van der Waals surface area contributed by atoms with Gasteiger partial charge in [-0.25, -0.2) is 9.59 Å². The number of benzene rings is 4. The highest BCUT2D eigenvalue weighted by Crippen LogP contribution is 2.29. The summed E-state index contributed by atoms with van der Waals surface area (Å²) in [5.41, 5.74) is 4.46. The van der Waals surface area contributed by atoms with Gasteiger partial charge in [0.25, 0.3) is 0 Å². The third-order valence-electron chi connectivity index (χ3n) is 5.47. The Morgan fingerprint density at radius 3 is 1.97 bits per heavy atom. The molecule has 4 rings (SSSR count). The fourth-order valence-electron chi connectivity index (χ4n) is 3.51. The number of hydrogen-bond acceptors (Lipinski definition) is 5. The van der Waals surface area contributed by atoms with Gasteiger partial charge in [-0.15, -0.1) is 0 Å².